The summed E-state index contributed by atoms with van der Waals surface area (Å²) in [5.74, 6) is -0.523. The number of benzene rings is 2. The summed E-state index contributed by atoms with van der Waals surface area (Å²) < 4.78 is 5.32. The molecule has 0 aliphatic heterocycles. The van der Waals surface area contributed by atoms with Crippen LogP contribution in [0.2, 0.25) is 0 Å². The molecule has 3 aromatic rings. The van der Waals surface area contributed by atoms with Crippen molar-refractivity contribution in [1.82, 2.24) is 0 Å². The average molecular weight is 380 g/mol. The Morgan fingerprint density at radius 2 is 1.48 bits per heavy atom. The van der Waals surface area contributed by atoms with Crippen LogP contribution in [-0.4, -0.2) is 17.8 Å². The first-order valence-electron chi connectivity index (χ1n) is 8.06. The molecule has 0 fully saturated rings. The van der Waals surface area contributed by atoms with Crippen LogP contribution in [-0.2, 0) is 4.79 Å². The van der Waals surface area contributed by atoms with Gasteiger partial charge in [-0.25, -0.2) is 4.79 Å². The van der Waals surface area contributed by atoms with Crippen molar-refractivity contribution in [3.05, 3.63) is 76.5 Å². The number of thiophene rings is 1. The predicted molar refractivity (Wildman–Crippen MR) is 104 cm³/mol. The predicted octanol–water partition coefficient (Wildman–Crippen LogP) is 4.18. The highest BCUT2D eigenvalue weighted by Crippen LogP contribution is 2.19. The van der Waals surface area contributed by atoms with Gasteiger partial charge in [0, 0.05) is 18.3 Å². The van der Waals surface area contributed by atoms with E-state index in [1.165, 1.54) is 18.3 Å². The van der Waals surface area contributed by atoms with Crippen molar-refractivity contribution >= 4 is 40.5 Å². The summed E-state index contributed by atoms with van der Waals surface area (Å²) in [4.78, 5) is 35.8. The molecule has 2 amide bonds. The molecule has 1 heterocycles. The van der Waals surface area contributed by atoms with E-state index in [9.17, 15) is 14.4 Å². The van der Waals surface area contributed by atoms with Gasteiger partial charge in [0.05, 0.1) is 10.4 Å². The molecule has 0 atom stereocenters. The molecule has 0 saturated heterocycles. The Morgan fingerprint density at radius 3 is 2.07 bits per heavy atom. The Bertz CT molecular complexity index is 949. The van der Waals surface area contributed by atoms with Crippen molar-refractivity contribution in [2.45, 2.75) is 6.92 Å². The number of hydrogen-bond acceptors (Lipinski definition) is 5. The molecule has 6 nitrogen and oxygen atoms in total. The van der Waals surface area contributed by atoms with Crippen molar-refractivity contribution in [2.75, 3.05) is 10.6 Å². The summed E-state index contributed by atoms with van der Waals surface area (Å²) in [6, 6.07) is 16.5. The normalized spacial score (nSPS) is 10.1. The van der Waals surface area contributed by atoms with Crippen LogP contribution in [0.15, 0.2) is 66.0 Å². The lowest BCUT2D eigenvalue weighted by molar-refractivity contribution is -0.114. The molecule has 0 aliphatic rings. The fourth-order valence-corrected chi connectivity index (χ4v) is 2.88. The van der Waals surface area contributed by atoms with E-state index in [1.54, 1.807) is 54.6 Å². The minimum absolute atomic E-state index is 0.184. The fourth-order valence-electron chi connectivity index (χ4n) is 2.27. The molecule has 27 heavy (non-hydrogen) atoms. The van der Waals surface area contributed by atoms with Crippen LogP contribution < -0.4 is 15.4 Å². The van der Waals surface area contributed by atoms with Gasteiger partial charge in [0.15, 0.2) is 0 Å². The fraction of sp³-hybridized carbons (Fsp3) is 0.0500. The number of ether oxygens (including phenoxy) is 1. The number of anilines is 2. The first kappa shape index (κ1) is 18.3. The van der Waals surface area contributed by atoms with E-state index < -0.39 is 5.97 Å². The molecular formula is C20H16N2O4S. The molecule has 0 bridgehead atoms. The van der Waals surface area contributed by atoms with E-state index in [1.807, 2.05) is 11.4 Å². The van der Waals surface area contributed by atoms with Gasteiger partial charge >= 0.3 is 5.97 Å². The first-order valence-corrected chi connectivity index (χ1v) is 8.94. The standard InChI is InChI=1S/C20H16N2O4S/c1-13(23)21-15-6-4-14(5-7-15)20(25)26-17-10-8-16(9-11-17)22-19(24)18-3-2-12-27-18/h2-12H,1H3,(H,21,23)(H,22,24). The largest absolute Gasteiger partial charge is 0.423 e. The molecule has 0 aliphatic carbocycles. The highest BCUT2D eigenvalue weighted by atomic mass is 32.1. The maximum Gasteiger partial charge on any atom is 0.343 e. The van der Waals surface area contributed by atoms with Crippen LogP contribution >= 0.6 is 11.3 Å². The van der Waals surface area contributed by atoms with E-state index in [0.29, 0.717) is 27.6 Å². The smallest absolute Gasteiger partial charge is 0.343 e. The molecule has 0 radical (unpaired) electrons. The highest BCUT2D eigenvalue weighted by Gasteiger charge is 2.10. The van der Waals surface area contributed by atoms with Gasteiger partial charge in [0.25, 0.3) is 5.91 Å². The molecule has 0 unspecified atom stereocenters. The first-order chi connectivity index (χ1) is 13.0. The van der Waals surface area contributed by atoms with Crippen molar-refractivity contribution in [2.24, 2.45) is 0 Å². The molecule has 1 aromatic heterocycles. The van der Waals surface area contributed by atoms with Crippen LogP contribution in [0.3, 0.4) is 0 Å². The van der Waals surface area contributed by atoms with E-state index in [2.05, 4.69) is 10.6 Å². The minimum Gasteiger partial charge on any atom is -0.423 e. The quantitative estimate of drug-likeness (QED) is 0.514. The average Bonchev–Trinajstić information content (AvgIpc) is 3.18. The van der Waals surface area contributed by atoms with Crippen LogP contribution in [0.1, 0.15) is 27.0 Å². The molecule has 0 spiro atoms. The summed E-state index contributed by atoms with van der Waals surface area (Å²) >= 11 is 1.36. The molecule has 2 aromatic carbocycles. The third kappa shape index (κ3) is 5.02. The molecule has 3 rings (SSSR count). The second-order valence-electron chi connectivity index (χ2n) is 5.60. The molecule has 2 N–H and O–H groups in total. The maximum absolute atomic E-state index is 12.2. The van der Waals surface area contributed by atoms with Gasteiger partial charge in [-0.05, 0) is 60.0 Å². The number of hydrogen-bond donors (Lipinski definition) is 2. The summed E-state index contributed by atoms with van der Waals surface area (Å²) in [7, 11) is 0. The Hall–Kier alpha value is -3.45. The zero-order valence-electron chi connectivity index (χ0n) is 14.4. The number of carbonyl (C=O) groups is 3. The van der Waals surface area contributed by atoms with Crippen LogP contribution in [0, 0.1) is 0 Å². The van der Waals surface area contributed by atoms with Crippen molar-refractivity contribution in [1.29, 1.82) is 0 Å². The van der Waals surface area contributed by atoms with Crippen molar-refractivity contribution in [3.8, 4) is 5.75 Å². The minimum atomic E-state index is -0.514. The van der Waals surface area contributed by atoms with E-state index >= 15 is 0 Å². The summed E-state index contributed by atoms with van der Waals surface area (Å²) in [6.07, 6.45) is 0. The number of nitrogens with one attached hydrogen (secondary N) is 2. The molecular weight excluding hydrogens is 364 g/mol. The van der Waals surface area contributed by atoms with Crippen LogP contribution in [0.5, 0.6) is 5.75 Å². The van der Waals surface area contributed by atoms with E-state index in [4.69, 9.17) is 4.74 Å². The van der Waals surface area contributed by atoms with E-state index in [-0.39, 0.29) is 11.8 Å². The van der Waals surface area contributed by atoms with Gasteiger partial charge in [-0.15, -0.1) is 11.3 Å². The maximum atomic E-state index is 12.2. The van der Waals surface area contributed by atoms with E-state index in [0.717, 1.165) is 0 Å². The molecule has 7 heteroatoms. The van der Waals surface area contributed by atoms with Gasteiger partial charge in [0.1, 0.15) is 5.75 Å². The van der Waals surface area contributed by atoms with Gasteiger partial charge in [-0.3, -0.25) is 9.59 Å². The Balaban J connectivity index is 1.59. The Kier molecular flexibility index (Phi) is 5.63. The topological polar surface area (TPSA) is 84.5 Å². The summed E-state index contributed by atoms with van der Waals surface area (Å²) in [5.41, 5.74) is 1.57. The van der Waals surface area contributed by atoms with Crippen molar-refractivity contribution < 1.29 is 19.1 Å². The monoisotopic (exact) mass is 380 g/mol. The molecule has 136 valence electrons. The summed E-state index contributed by atoms with van der Waals surface area (Å²) in [6.45, 7) is 1.41. The zero-order valence-corrected chi connectivity index (χ0v) is 15.2. The third-order valence-corrected chi connectivity index (χ3v) is 4.38. The van der Waals surface area contributed by atoms with Gasteiger partial charge in [-0.1, -0.05) is 6.07 Å². The highest BCUT2D eigenvalue weighted by molar-refractivity contribution is 7.12. The zero-order chi connectivity index (χ0) is 19.2. The van der Waals surface area contributed by atoms with Gasteiger partial charge in [0.2, 0.25) is 5.91 Å². The summed E-state index contributed by atoms with van der Waals surface area (Å²) in [5, 5.41) is 7.24. The lowest BCUT2D eigenvalue weighted by Gasteiger charge is -2.07. The van der Waals surface area contributed by atoms with Crippen molar-refractivity contribution in [3.63, 3.8) is 0 Å². The lowest BCUT2D eigenvalue weighted by atomic mass is 10.2. The Morgan fingerprint density at radius 1 is 0.852 bits per heavy atom. The SMILES string of the molecule is CC(=O)Nc1ccc(C(=O)Oc2ccc(NC(=O)c3cccs3)cc2)cc1. The second-order valence-corrected chi connectivity index (χ2v) is 6.55. The third-order valence-electron chi connectivity index (χ3n) is 3.51. The van der Waals surface area contributed by atoms with Gasteiger partial charge in [-0.2, -0.15) is 0 Å². The number of rotatable bonds is 5. The Labute approximate surface area is 159 Å². The number of carbonyl (C=O) groups excluding carboxylic acids is 3. The van der Waals surface area contributed by atoms with Crippen LogP contribution in [0.4, 0.5) is 11.4 Å². The van der Waals surface area contributed by atoms with Gasteiger partial charge < -0.3 is 15.4 Å². The second kappa shape index (κ2) is 8.29. The molecule has 0 saturated carbocycles. The number of amides is 2. The number of esters is 1. The lowest BCUT2D eigenvalue weighted by Crippen LogP contribution is -2.11. The van der Waals surface area contributed by atoms with Crippen LogP contribution in [0.25, 0.3) is 0 Å².